The minimum atomic E-state index is -0.0718. The standard InChI is InChI=1S/C17H19N3O2S/c1-3-20-13-7-5-4-6-12(13)19-16(20)14-8-9-15(23-14)17(21)18-10-11-22-2/h4-9H,3,10-11H2,1-2H3,(H,18,21). The minimum absolute atomic E-state index is 0.0718. The molecule has 5 nitrogen and oxygen atoms in total. The highest BCUT2D eigenvalue weighted by Crippen LogP contribution is 2.30. The maximum Gasteiger partial charge on any atom is 0.261 e. The van der Waals surface area contributed by atoms with Crippen molar-refractivity contribution in [3.63, 3.8) is 0 Å². The van der Waals surface area contributed by atoms with Gasteiger partial charge in [-0.1, -0.05) is 12.1 Å². The van der Waals surface area contributed by atoms with Crippen LogP contribution in [0.25, 0.3) is 21.7 Å². The predicted molar refractivity (Wildman–Crippen MR) is 92.9 cm³/mol. The molecule has 23 heavy (non-hydrogen) atoms. The number of thiophene rings is 1. The second kappa shape index (κ2) is 6.93. The summed E-state index contributed by atoms with van der Waals surface area (Å²) in [5.41, 5.74) is 2.09. The van der Waals surface area contributed by atoms with E-state index in [4.69, 9.17) is 9.72 Å². The van der Waals surface area contributed by atoms with E-state index in [9.17, 15) is 4.79 Å². The molecule has 2 aromatic heterocycles. The number of rotatable bonds is 6. The number of carbonyl (C=O) groups is 1. The molecule has 120 valence electrons. The van der Waals surface area contributed by atoms with E-state index in [0.29, 0.717) is 18.0 Å². The van der Waals surface area contributed by atoms with Crippen molar-refractivity contribution in [1.82, 2.24) is 14.9 Å². The van der Waals surface area contributed by atoms with Crippen molar-refractivity contribution in [1.29, 1.82) is 0 Å². The summed E-state index contributed by atoms with van der Waals surface area (Å²) in [4.78, 5) is 18.5. The molecule has 0 bridgehead atoms. The Kier molecular flexibility index (Phi) is 4.73. The summed E-state index contributed by atoms with van der Waals surface area (Å²) in [6.07, 6.45) is 0. The number of nitrogens with zero attached hydrogens (tertiary/aromatic N) is 2. The lowest BCUT2D eigenvalue weighted by atomic mass is 10.3. The van der Waals surface area contributed by atoms with Gasteiger partial charge in [0, 0.05) is 20.2 Å². The molecule has 3 rings (SSSR count). The number of imidazole rings is 1. The van der Waals surface area contributed by atoms with Crippen LogP contribution >= 0.6 is 11.3 Å². The number of nitrogens with one attached hydrogen (secondary N) is 1. The number of ether oxygens (including phenoxy) is 1. The number of aromatic nitrogens is 2. The van der Waals surface area contributed by atoms with Gasteiger partial charge in [-0.2, -0.15) is 0 Å². The van der Waals surface area contributed by atoms with Crippen molar-refractivity contribution in [2.75, 3.05) is 20.3 Å². The van der Waals surface area contributed by atoms with Gasteiger partial charge < -0.3 is 14.6 Å². The number of methoxy groups -OCH3 is 1. The van der Waals surface area contributed by atoms with Gasteiger partial charge in [-0.25, -0.2) is 4.98 Å². The van der Waals surface area contributed by atoms with Gasteiger partial charge in [0.25, 0.3) is 5.91 Å². The fourth-order valence-corrected chi connectivity index (χ4v) is 3.44. The molecule has 0 unspecified atom stereocenters. The summed E-state index contributed by atoms with van der Waals surface area (Å²) in [6, 6.07) is 11.9. The Hall–Kier alpha value is -2.18. The Labute approximate surface area is 138 Å². The van der Waals surface area contributed by atoms with Gasteiger partial charge in [-0.15, -0.1) is 11.3 Å². The number of amides is 1. The second-order valence-corrected chi connectivity index (χ2v) is 6.16. The summed E-state index contributed by atoms with van der Waals surface area (Å²) in [5.74, 6) is 0.840. The van der Waals surface area contributed by atoms with E-state index < -0.39 is 0 Å². The molecular formula is C17H19N3O2S. The van der Waals surface area contributed by atoms with Crippen LogP contribution in [-0.2, 0) is 11.3 Å². The third kappa shape index (κ3) is 3.13. The quantitative estimate of drug-likeness (QED) is 0.707. The molecule has 2 heterocycles. The molecule has 0 aliphatic carbocycles. The van der Waals surface area contributed by atoms with E-state index in [2.05, 4.69) is 22.9 Å². The smallest absolute Gasteiger partial charge is 0.261 e. The van der Waals surface area contributed by atoms with Gasteiger partial charge in [0.1, 0.15) is 0 Å². The molecule has 1 aromatic carbocycles. The topological polar surface area (TPSA) is 56.2 Å². The number of fused-ring (bicyclic) bond motifs is 1. The maximum atomic E-state index is 12.1. The van der Waals surface area contributed by atoms with Crippen LogP contribution in [0.5, 0.6) is 0 Å². The van der Waals surface area contributed by atoms with Gasteiger partial charge >= 0.3 is 0 Å². The van der Waals surface area contributed by atoms with Crippen molar-refractivity contribution in [3.05, 3.63) is 41.3 Å². The molecule has 0 spiro atoms. The van der Waals surface area contributed by atoms with E-state index in [1.165, 1.54) is 11.3 Å². The summed E-state index contributed by atoms with van der Waals surface area (Å²) >= 11 is 1.46. The van der Waals surface area contributed by atoms with Crippen molar-refractivity contribution in [2.24, 2.45) is 0 Å². The van der Waals surface area contributed by atoms with Gasteiger partial charge in [-0.05, 0) is 31.2 Å². The number of aryl methyl sites for hydroxylation is 1. The monoisotopic (exact) mass is 329 g/mol. The molecule has 6 heteroatoms. The summed E-state index contributed by atoms with van der Waals surface area (Å²) in [5, 5.41) is 2.84. The number of hydrogen-bond acceptors (Lipinski definition) is 4. The zero-order chi connectivity index (χ0) is 16.2. The maximum absolute atomic E-state index is 12.1. The van der Waals surface area contributed by atoms with E-state index in [1.54, 1.807) is 7.11 Å². The van der Waals surface area contributed by atoms with Gasteiger partial charge in [0.15, 0.2) is 5.82 Å². The normalized spacial score (nSPS) is 11.0. The van der Waals surface area contributed by atoms with E-state index in [1.807, 2.05) is 30.3 Å². The first kappa shape index (κ1) is 15.7. The molecule has 0 saturated heterocycles. The van der Waals surface area contributed by atoms with Gasteiger partial charge in [0.05, 0.1) is 27.4 Å². The second-order valence-electron chi connectivity index (χ2n) is 5.08. The highest BCUT2D eigenvalue weighted by molar-refractivity contribution is 7.17. The lowest BCUT2D eigenvalue weighted by Gasteiger charge is -2.04. The van der Waals surface area contributed by atoms with Crippen molar-refractivity contribution in [3.8, 4) is 10.7 Å². The highest BCUT2D eigenvalue weighted by Gasteiger charge is 2.15. The number of carbonyl (C=O) groups excluding carboxylic acids is 1. The summed E-state index contributed by atoms with van der Waals surface area (Å²) in [7, 11) is 1.62. The van der Waals surface area contributed by atoms with Crippen LogP contribution in [0.15, 0.2) is 36.4 Å². The molecule has 1 amide bonds. The summed E-state index contributed by atoms with van der Waals surface area (Å²) in [6.45, 7) is 3.96. The fourth-order valence-electron chi connectivity index (χ4n) is 2.52. The number of para-hydroxylation sites is 2. The molecule has 0 aliphatic rings. The minimum Gasteiger partial charge on any atom is -0.383 e. The number of hydrogen-bond donors (Lipinski definition) is 1. The first-order chi connectivity index (χ1) is 11.2. The Morgan fingerprint density at radius 1 is 1.30 bits per heavy atom. The molecule has 0 radical (unpaired) electrons. The van der Waals surface area contributed by atoms with Crippen LogP contribution in [0.2, 0.25) is 0 Å². The zero-order valence-electron chi connectivity index (χ0n) is 13.2. The average Bonchev–Trinajstić information content (AvgIpc) is 3.19. The third-order valence-electron chi connectivity index (χ3n) is 3.61. The molecule has 0 saturated carbocycles. The van der Waals surface area contributed by atoms with Crippen LogP contribution in [-0.4, -0.2) is 35.7 Å². The van der Waals surface area contributed by atoms with Crippen LogP contribution < -0.4 is 5.32 Å². The van der Waals surface area contributed by atoms with E-state index in [0.717, 1.165) is 28.3 Å². The molecule has 0 fully saturated rings. The van der Waals surface area contributed by atoms with Crippen LogP contribution in [0.3, 0.4) is 0 Å². The Bertz CT molecular complexity index is 822. The lowest BCUT2D eigenvalue weighted by molar-refractivity contribution is 0.0941. The average molecular weight is 329 g/mol. The van der Waals surface area contributed by atoms with Crippen LogP contribution in [0.4, 0.5) is 0 Å². The lowest BCUT2D eigenvalue weighted by Crippen LogP contribution is -2.26. The first-order valence-corrected chi connectivity index (χ1v) is 8.39. The fraction of sp³-hybridized carbons (Fsp3) is 0.294. The van der Waals surface area contributed by atoms with E-state index in [-0.39, 0.29) is 5.91 Å². The molecule has 3 aromatic rings. The highest BCUT2D eigenvalue weighted by atomic mass is 32.1. The Balaban J connectivity index is 1.90. The first-order valence-electron chi connectivity index (χ1n) is 7.57. The van der Waals surface area contributed by atoms with Gasteiger partial charge in [-0.3, -0.25) is 4.79 Å². The number of benzene rings is 1. The predicted octanol–water partition coefficient (Wildman–Crippen LogP) is 3.16. The molecule has 0 atom stereocenters. The van der Waals surface area contributed by atoms with E-state index >= 15 is 0 Å². The van der Waals surface area contributed by atoms with Crippen LogP contribution in [0, 0.1) is 0 Å². The van der Waals surface area contributed by atoms with Crippen molar-refractivity contribution >= 4 is 28.3 Å². The molecule has 0 aliphatic heterocycles. The molecular weight excluding hydrogens is 310 g/mol. The molecule has 1 N–H and O–H groups in total. The SMILES string of the molecule is CCn1c(-c2ccc(C(=O)NCCOC)s2)nc2ccccc21. The zero-order valence-corrected chi connectivity index (χ0v) is 14.0. The summed E-state index contributed by atoms with van der Waals surface area (Å²) < 4.78 is 7.12. The largest absolute Gasteiger partial charge is 0.383 e. The van der Waals surface area contributed by atoms with Gasteiger partial charge in [0.2, 0.25) is 0 Å². The van der Waals surface area contributed by atoms with Crippen LogP contribution in [0.1, 0.15) is 16.6 Å². The van der Waals surface area contributed by atoms with Crippen molar-refractivity contribution in [2.45, 2.75) is 13.5 Å². The Morgan fingerprint density at radius 2 is 2.13 bits per heavy atom. The van der Waals surface area contributed by atoms with Crippen molar-refractivity contribution < 1.29 is 9.53 Å². The Morgan fingerprint density at radius 3 is 2.91 bits per heavy atom. The third-order valence-corrected chi connectivity index (χ3v) is 4.69.